The number of carbonyl (C=O) groups is 2. The number of hydrogen-bond acceptors (Lipinski definition) is 2. The van der Waals surface area contributed by atoms with E-state index >= 15 is 0 Å². The van der Waals surface area contributed by atoms with Crippen LogP contribution in [0.4, 0.5) is 5.69 Å². The first-order valence-electron chi connectivity index (χ1n) is 8.63. The standard InChI is InChI=1S/C19H25BrN2O2/c20-16-8-4-9-17(14-16)22-19(24)11-5-10-18(23)21-13-12-15-6-2-1-3-7-15/h4,6,8-9,14H,1-3,5,7,10-13H2,(H,21,23)(H,22,24). The average Bonchev–Trinajstić information content (AvgIpc) is 2.56. The lowest BCUT2D eigenvalue weighted by Crippen LogP contribution is -2.25. The number of benzene rings is 1. The summed E-state index contributed by atoms with van der Waals surface area (Å²) in [6.07, 6.45) is 9.48. The van der Waals surface area contributed by atoms with Crippen LogP contribution in [0.3, 0.4) is 0 Å². The highest BCUT2D eigenvalue weighted by molar-refractivity contribution is 9.10. The quantitative estimate of drug-likeness (QED) is 0.636. The second-order valence-electron chi connectivity index (χ2n) is 6.12. The Morgan fingerprint density at radius 3 is 2.71 bits per heavy atom. The van der Waals surface area contributed by atoms with Crippen LogP contribution in [0.25, 0.3) is 0 Å². The molecule has 2 N–H and O–H groups in total. The first kappa shape index (κ1) is 18.7. The van der Waals surface area contributed by atoms with Crippen LogP contribution in [0.1, 0.15) is 51.4 Å². The van der Waals surface area contributed by atoms with Gasteiger partial charge in [-0.3, -0.25) is 9.59 Å². The zero-order chi connectivity index (χ0) is 17.2. The van der Waals surface area contributed by atoms with E-state index in [4.69, 9.17) is 0 Å². The van der Waals surface area contributed by atoms with Gasteiger partial charge in [-0.15, -0.1) is 0 Å². The van der Waals surface area contributed by atoms with Crippen LogP contribution in [0.2, 0.25) is 0 Å². The Morgan fingerprint density at radius 1 is 1.12 bits per heavy atom. The predicted molar refractivity (Wildman–Crippen MR) is 101 cm³/mol. The third-order valence-corrected chi connectivity index (χ3v) is 4.56. The van der Waals surface area contributed by atoms with Crippen molar-refractivity contribution in [2.75, 3.05) is 11.9 Å². The molecule has 1 aliphatic carbocycles. The van der Waals surface area contributed by atoms with Crippen LogP contribution < -0.4 is 10.6 Å². The van der Waals surface area contributed by atoms with Crippen LogP contribution in [0.15, 0.2) is 40.4 Å². The molecule has 0 aromatic heterocycles. The largest absolute Gasteiger partial charge is 0.356 e. The minimum absolute atomic E-state index is 0.0293. The summed E-state index contributed by atoms with van der Waals surface area (Å²) >= 11 is 3.37. The highest BCUT2D eigenvalue weighted by Crippen LogP contribution is 2.19. The van der Waals surface area contributed by atoms with Crippen molar-refractivity contribution in [3.05, 3.63) is 40.4 Å². The summed E-state index contributed by atoms with van der Waals surface area (Å²) < 4.78 is 0.924. The highest BCUT2D eigenvalue weighted by Gasteiger charge is 2.07. The van der Waals surface area contributed by atoms with E-state index in [2.05, 4.69) is 32.6 Å². The van der Waals surface area contributed by atoms with Gasteiger partial charge in [0.25, 0.3) is 0 Å². The molecule has 0 spiro atoms. The summed E-state index contributed by atoms with van der Waals surface area (Å²) in [7, 11) is 0. The zero-order valence-electron chi connectivity index (χ0n) is 13.9. The monoisotopic (exact) mass is 392 g/mol. The first-order valence-corrected chi connectivity index (χ1v) is 9.43. The van der Waals surface area contributed by atoms with Gasteiger partial charge in [0, 0.05) is 29.5 Å². The van der Waals surface area contributed by atoms with E-state index in [-0.39, 0.29) is 11.8 Å². The number of anilines is 1. The molecule has 0 bridgehead atoms. The molecule has 1 aliphatic rings. The Bertz CT molecular complexity index is 599. The van der Waals surface area contributed by atoms with Gasteiger partial charge in [0.15, 0.2) is 0 Å². The number of halogens is 1. The van der Waals surface area contributed by atoms with Crippen molar-refractivity contribution in [2.45, 2.75) is 51.4 Å². The van der Waals surface area contributed by atoms with Crippen LogP contribution in [-0.2, 0) is 9.59 Å². The highest BCUT2D eigenvalue weighted by atomic mass is 79.9. The fourth-order valence-electron chi connectivity index (χ4n) is 2.78. The molecule has 0 atom stereocenters. The second-order valence-corrected chi connectivity index (χ2v) is 7.04. The Kier molecular flexibility index (Phi) is 8.02. The number of carbonyl (C=O) groups excluding carboxylic acids is 2. The molecule has 0 aliphatic heterocycles. The zero-order valence-corrected chi connectivity index (χ0v) is 15.5. The van der Waals surface area contributed by atoms with Gasteiger partial charge in [-0.1, -0.05) is 33.6 Å². The van der Waals surface area contributed by atoms with Crippen molar-refractivity contribution in [2.24, 2.45) is 0 Å². The molecule has 24 heavy (non-hydrogen) atoms. The smallest absolute Gasteiger partial charge is 0.224 e. The summed E-state index contributed by atoms with van der Waals surface area (Å²) in [5.41, 5.74) is 2.23. The van der Waals surface area contributed by atoms with Crippen LogP contribution in [0, 0.1) is 0 Å². The fraction of sp³-hybridized carbons (Fsp3) is 0.474. The van der Waals surface area contributed by atoms with Gasteiger partial charge in [-0.05, 0) is 56.7 Å². The van der Waals surface area contributed by atoms with Gasteiger partial charge in [-0.2, -0.15) is 0 Å². The summed E-state index contributed by atoms with van der Waals surface area (Å²) in [6.45, 7) is 0.703. The van der Waals surface area contributed by atoms with Gasteiger partial charge in [-0.25, -0.2) is 0 Å². The lowest BCUT2D eigenvalue weighted by Gasteiger charge is -2.12. The minimum atomic E-state index is -0.0618. The summed E-state index contributed by atoms with van der Waals surface area (Å²) in [4.78, 5) is 23.7. The molecule has 2 amide bonds. The maximum absolute atomic E-state index is 11.9. The van der Waals surface area contributed by atoms with Crippen molar-refractivity contribution in [3.8, 4) is 0 Å². The molecule has 0 fully saturated rings. The van der Waals surface area contributed by atoms with Crippen molar-refractivity contribution in [3.63, 3.8) is 0 Å². The van der Waals surface area contributed by atoms with E-state index < -0.39 is 0 Å². The number of amides is 2. The topological polar surface area (TPSA) is 58.2 Å². The maximum atomic E-state index is 11.9. The van der Waals surface area contributed by atoms with E-state index in [1.165, 1.54) is 31.3 Å². The first-order chi connectivity index (χ1) is 11.6. The molecule has 4 nitrogen and oxygen atoms in total. The third-order valence-electron chi connectivity index (χ3n) is 4.07. The Hall–Kier alpha value is -1.62. The molecular weight excluding hydrogens is 368 g/mol. The van der Waals surface area contributed by atoms with E-state index in [0.717, 1.165) is 16.6 Å². The molecule has 0 heterocycles. The predicted octanol–water partition coefficient (Wildman–Crippen LogP) is 4.56. The molecule has 0 saturated carbocycles. The molecule has 1 aromatic rings. The molecule has 2 rings (SSSR count). The average molecular weight is 393 g/mol. The van der Waals surface area contributed by atoms with Crippen molar-refractivity contribution < 1.29 is 9.59 Å². The lowest BCUT2D eigenvalue weighted by atomic mass is 9.97. The maximum Gasteiger partial charge on any atom is 0.224 e. The Labute approximate surface area is 152 Å². The normalized spacial score (nSPS) is 14.0. The SMILES string of the molecule is O=C(CCCC(=O)Nc1cccc(Br)c1)NCCC1=CCCCC1. The fourth-order valence-corrected chi connectivity index (χ4v) is 3.18. The van der Waals surface area contributed by atoms with Gasteiger partial charge in [0.2, 0.25) is 11.8 Å². The number of nitrogens with one attached hydrogen (secondary N) is 2. The summed E-state index contributed by atoms with van der Waals surface area (Å²) in [5.74, 6) is -0.0325. The number of rotatable bonds is 8. The van der Waals surface area contributed by atoms with E-state index in [9.17, 15) is 9.59 Å². The van der Waals surface area contributed by atoms with Gasteiger partial charge >= 0.3 is 0 Å². The van der Waals surface area contributed by atoms with E-state index in [1.807, 2.05) is 24.3 Å². The number of hydrogen-bond donors (Lipinski definition) is 2. The second kappa shape index (κ2) is 10.3. The summed E-state index contributed by atoms with van der Waals surface area (Å²) in [5, 5.41) is 5.78. The Balaban J connectivity index is 1.56. The molecular formula is C19H25BrN2O2. The Morgan fingerprint density at radius 2 is 1.96 bits per heavy atom. The van der Waals surface area contributed by atoms with Crippen molar-refractivity contribution in [1.29, 1.82) is 0 Å². The number of allylic oxidation sites excluding steroid dienone is 1. The minimum Gasteiger partial charge on any atom is -0.356 e. The van der Waals surface area contributed by atoms with Crippen molar-refractivity contribution >= 4 is 33.4 Å². The molecule has 5 heteroatoms. The molecule has 0 unspecified atom stereocenters. The molecule has 1 aromatic carbocycles. The van der Waals surface area contributed by atoms with E-state index in [0.29, 0.717) is 25.8 Å². The van der Waals surface area contributed by atoms with Gasteiger partial charge in [0.1, 0.15) is 0 Å². The summed E-state index contributed by atoms with van der Waals surface area (Å²) in [6, 6.07) is 7.47. The van der Waals surface area contributed by atoms with Crippen LogP contribution in [0.5, 0.6) is 0 Å². The lowest BCUT2D eigenvalue weighted by molar-refractivity contribution is -0.121. The molecule has 0 saturated heterocycles. The molecule has 0 radical (unpaired) electrons. The van der Waals surface area contributed by atoms with Crippen LogP contribution >= 0.6 is 15.9 Å². The van der Waals surface area contributed by atoms with Crippen LogP contribution in [-0.4, -0.2) is 18.4 Å². The van der Waals surface area contributed by atoms with Gasteiger partial charge < -0.3 is 10.6 Å². The molecule has 130 valence electrons. The van der Waals surface area contributed by atoms with E-state index in [1.54, 1.807) is 0 Å². The van der Waals surface area contributed by atoms with Gasteiger partial charge in [0.05, 0.1) is 0 Å². The van der Waals surface area contributed by atoms with Crippen molar-refractivity contribution in [1.82, 2.24) is 5.32 Å². The third kappa shape index (κ3) is 7.30.